The summed E-state index contributed by atoms with van der Waals surface area (Å²) in [6, 6.07) is 5.06. The average Bonchev–Trinajstić information content (AvgIpc) is 2.37. The van der Waals surface area contributed by atoms with Gasteiger partial charge in [-0.3, -0.25) is 0 Å². The van der Waals surface area contributed by atoms with Crippen LogP contribution >= 0.6 is 15.9 Å². The fraction of sp³-hybridized carbons (Fsp3) is 0.467. The molecule has 0 spiro atoms. The van der Waals surface area contributed by atoms with Gasteiger partial charge in [0.05, 0.1) is 0 Å². The molecule has 0 bridgehead atoms. The third kappa shape index (κ3) is 4.91. The monoisotopic (exact) mass is 313 g/mol. The van der Waals surface area contributed by atoms with E-state index in [0.717, 1.165) is 29.3 Å². The van der Waals surface area contributed by atoms with Gasteiger partial charge in [0, 0.05) is 10.5 Å². The largest absolute Gasteiger partial charge is 0.313 e. The zero-order valence-corrected chi connectivity index (χ0v) is 12.5. The van der Waals surface area contributed by atoms with Crippen LogP contribution in [-0.2, 0) is 0 Å². The van der Waals surface area contributed by atoms with Gasteiger partial charge in [0.2, 0.25) is 0 Å². The van der Waals surface area contributed by atoms with Gasteiger partial charge in [-0.15, -0.1) is 6.58 Å². The molecule has 0 fully saturated rings. The van der Waals surface area contributed by atoms with Crippen LogP contribution in [-0.4, -0.2) is 7.05 Å². The molecule has 1 rings (SSSR count). The van der Waals surface area contributed by atoms with Crippen molar-refractivity contribution in [1.82, 2.24) is 5.32 Å². The summed E-state index contributed by atoms with van der Waals surface area (Å²) in [7, 11) is 1.92. The number of benzene rings is 1. The summed E-state index contributed by atoms with van der Waals surface area (Å²) >= 11 is 3.49. The first kappa shape index (κ1) is 15.4. The van der Waals surface area contributed by atoms with Gasteiger partial charge < -0.3 is 5.32 Å². The van der Waals surface area contributed by atoms with Crippen molar-refractivity contribution in [3.63, 3.8) is 0 Å². The molecule has 0 saturated carbocycles. The van der Waals surface area contributed by atoms with E-state index in [9.17, 15) is 4.39 Å². The zero-order chi connectivity index (χ0) is 13.4. The van der Waals surface area contributed by atoms with Crippen LogP contribution in [0.25, 0.3) is 0 Å². The molecule has 1 aromatic carbocycles. The Labute approximate surface area is 118 Å². The van der Waals surface area contributed by atoms with Gasteiger partial charge >= 0.3 is 0 Å². The molecule has 0 aliphatic heterocycles. The Morgan fingerprint density at radius 1 is 1.39 bits per heavy atom. The summed E-state index contributed by atoms with van der Waals surface area (Å²) in [6.07, 6.45) is 7.58. The predicted molar refractivity (Wildman–Crippen MR) is 79.2 cm³/mol. The maximum absolute atomic E-state index is 13.3. The third-order valence-corrected chi connectivity index (χ3v) is 3.81. The van der Waals surface area contributed by atoms with Crippen LogP contribution in [0, 0.1) is 5.82 Å². The van der Waals surface area contributed by atoms with Gasteiger partial charge in [-0.1, -0.05) is 34.8 Å². The molecule has 3 heteroatoms. The SMILES string of the molecule is C=CCCCCCC(NC)c1cc(F)ccc1Br. The van der Waals surface area contributed by atoms with E-state index in [2.05, 4.69) is 27.8 Å². The first-order valence-electron chi connectivity index (χ1n) is 6.42. The topological polar surface area (TPSA) is 12.0 Å². The Balaban J connectivity index is 2.54. The lowest BCUT2D eigenvalue weighted by Crippen LogP contribution is -2.17. The van der Waals surface area contributed by atoms with E-state index < -0.39 is 0 Å². The van der Waals surface area contributed by atoms with Crippen molar-refractivity contribution in [3.05, 3.63) is 46.7 Å². The third-order valence-electron chi connectivity index (χ3n) is 3.08. The number of allylic oxidation sites excluding steroid dienone is 1. The Morgan fingerprint density at radius 3 is 2.83 bits per heavy atom. The minimum atomic E-state index is -0.180. The number of unbranched alkanes of at least 4 members (excludes halogenated alkanes) is 3. The molecule has 1 atom stereocenters. The van der Waals surface area contributed by atoms with Crippen LogP contribution in [0.4, 0.5) is 4.39 Å². The van der Waals surface area contributed by atoms with Crippen molar-refractivity contribution in [2.45, 2.75) is 38.1 Å². The first-order valence-corrected chi connectivity index (χ1v) is 7.21. The maximum Gasteiger partial charge on any atom is 0.123 e. The molecule has 0 radical (unpaired) electrons. The molecule has 1 N–H and O–H groups in total. The lowest BCUT2D eigenvalue weighted by Gasteiger charge is -2.18. The normalized spacial score (nSPS) is 12.4. The second-order valence-corrected chi connectivity index (χ2v) is 5.29. The first-order chi connectivity index (χ1) is 8.69. The number of rotatable bonds is 8. The van der Waals surface area contributed by atoms with E-state index in [4.69, 9.17) is 0 Å². The summed E-state index contributed by atoms with van der Waals surface area (Å²) in [5.41, 5.74) is 1.00. The van der Waals surface area contributed by atoms with Crippen molar-refractivity contribution in [2.24, 2.45) is 0 Å². The van der Waals surface area contributed by atoms with E-state index in [1.807, 2.05) is 13.1 Å². The minimum absolute atomic E-state index is 0.180. The number of hydrogen-bond donors (Lipinski definition) is 1. The summed E-state index contributed by atoms with van der Waals surface area (Å²) < 4.78 is 14.2. The molecule has 1 aromatic rings. The van der Waals surface area contributed by atoms with Crippen LogP contribution in [0.5, 0.6) is 0 Å². The van der Waals surface area contributed by atoms with Crippen LogP contribution in [0.2, 0.25) is 0 Å². The fourth-order valence-corrected chi connectivity index (χ4v) is 2.57. The maximum atomic E-state index is 13.3. The zero-order valence-electron chi connectivity index (χ0n) is 10.9. The van der Waals surface area contributed by atoms with Gasteiger partial charge in [0.25, 0.3) is 0 Å². The second kappa shape index (κ2) is 8.44. The molecule has 1 unspecified atom stereocenters. The number of hydrogen-bond acceptors (Lipinski definition) is 1. The molecule has 1 nitrogen and oxygen atoms in total. The van der Waals surface area contributed by atoms with E-state index in [0.29, 0.717) is 0 Å². The Hall–Kier alpha value is -0.670. The lowest BCUT2D eigenvalue weighted by molar-refractivity contribution is 0.503. The van der Waals surface area contributed by atoms with Crippen LogP contribution in [0.1, 0.15) is 43.7 Å². The van der Waals surface area contributed by atoms with Gasteiger partial charge in [0.15, 0.2) is 0 Å². The van der Waals surface area contributed by atoms with Gasteiger partial charge in [0.1, 0.15) is 5.82 Å². The summed E-state index contributed by atoms with van der Waals surface area (Å²) in [5.74, 6) is -0.180. The van der Waals surface area contributed by atoms with Crippen molar-refractivity contribution in [2.75, 3.05) is 7.05 Å². The molecular weight excluding hydrogens is 293 g/mol. The second-order valence-electron chi connectivity index (χ2n) is 4.43. The van der Waals surface area contributed by atoms with Crippen LogP contribution in [0.15, 0.2) is 35.3 Å². The predicted octanol–water partition coefficient (Wildman–Crippen LogP) is 4.99. The molecular formula is C15H21BrFN. The summed E-state index contributed by atoms with van der Waals surface area (Å²) in [5, 5.41) is 3.26. The van der Waals surface area contributed by atoms with Crippen LogP contribution < -0.4 is 5.32 Å². The quantitative estimate of drug-likeness (QED) is 0.527. The Kier molecular flexibility index (Phi) is 7.21. The highest BCUT2D eigenvalue weighted by atomic mass is 79.9. The number of halogens is 2. The standard InChI is InChI=1S/C15H21BrFN/c1-3-4-5-6-7-8-15(18-2)13-11-12(17)9-10-14(13)16/h3,9-11,15,18H,1,4-8H2,2H3. The van der Waals surface area contributed by atoms with E-state index >= 15 is 0 Å². The van der Waals surface area contributed by atoms with E-state index in [1.165, 1.54) is 18.9 Å². The summed E-state index contributed by atoms with van der Waals surface area (Å²) in [4.78, 5) is 0. The highest BCUT2D eigenvalue weighted by Gasteiger charge is 2.13. The van der Waals surface area contributed by atoms with Gasteiger partial charge in [-0.2, -0.15) is 0 Å². The van der Waals surface area contributed by atoms with Crippen LogP contribution in [0.3, 0.4) is 0 Å². The molecule has 0 saturated heterocycles. The van der Waals surface area contributed by atoms with Crippen molar-refractivity contribution >= 4 is 15.9 Å². The van der Waals surface area contributed by atoms with E-state index in [1.54, 1.807) is 12.1 Å². The van der Waals surface area contributed by atoms with Gasteiger partial charge in [-0.25, -0.2) is 4.39 Å². The Morgan fingerprint density at radius 2 is 2.17 bits per heavy atom. The number of nitrogens with one attached hydrogen (secondary N) is 1. The van der Waals surface area contributed by atoms with Gasteiger partial charge in [-0.05, 0) is 50.1 Å². The Bertz CT molecular complexity index is 379. The summed E-state index contributed by atoms with van der Waals surface area (Å²) in [6.45, 7) is 3.72. The van der Waals surface area contributed by atoms with Crippen molar-refractivity contribution in [3.8, 4) is 0 Å². The minimum Gasteiger partial charge on any atom is -0.313 e. The van der Waals surface area contributed by atoms with Crippen molar-refractivity contribution < 1.29 is 4.39 Å². The highest BCUT2D eigenvalue weighted by molar-refractivity contribution is 9.10. The molecule has 0 aliphatic rings. The highest BCUT2D eigenvalue weighted by Crippen LogP contribution is 2.27. The van der Waals surface area contributed by atoms with E-state index in [-0.39, 0.29) is 11.9 Å². The lowest BCUT2D eigenvalue weighted by atomic mass is 10.00. The van der Waals surface area contributed by atoms with Crippen molar-refractivity contribution in [1.29, 1.82) is 0 Å². The molecule has 0 amide bonds. The molecule has 100 valence electrons. The molecule has 0 aromatic heterocycles. The molecule has 18 heavy (non-hydrogen) atoms. The molecule has 0 aliphatic carbocycles. The molecule has 0 heterocycles. The smallest absolute Gasteiger partial charge is 0.123 e. The average molecular weight is 314 g/mol. The fourth-order valence-electron chi connectivity index (χ4n) is 2.05.